The van der Waals surface area contributed by atoms with Crippen molar-refractivity contribution in [3.8, 4) is 11.4 Å². The number of amides is 1. The van der Waals surface area contributed by atoms with Gasteiger partial charge in [-0.1, -0.05) is 6.07 Å². The number of aromatic nitrogens is 5. The molecule has 2 unspecified atom stereocenters. The number of alkyl halides is 1. The van der Waals surface area contributed by atoms with Crippen LogP contribution >= 0.6 is 0 Å². The van der Waals surface area contributed by atoms with E-state index >= 15 is 0 Å². The van der Waals surface area contributed by atoms with Crippen molar-refractivity contribution in [2.24, 2.45) is 5.92 Å². The predicted molar refractivity (Wildman–Crippen MR) is 103 cm³/mol. The standard InChI is InChI=1S/C19H16FN7O/c1-21-17-12-8-22-15(24-19(28)11-6-14(11)20)7-10(12)13(9-23-17)18-25-16-4-2-3-5-27(16)26-18/h2-5,7-9,11,14H,6H2,1H3,(H,21,23)(H,22,24,28)/i1D3. The summed E-state index contributed by atoms with van der Waals surface area (Å²) < 4.78 is 37.3. The smallest absolute Gasteiger partial charge is 0.231 e. The summed E-state index contributed by atoms with van der Waals surface area (Å²) in [6.45, 7) is -2.46. The van der Waals surface area contributed by atoms with Crippen molar-refractivity contribution in [3.05, 3.63) is 42.9 Å². The molecule has 0 radical (unpaired) electrons. The Morgan fingerprint density at radius 1 is 1.32 bits per heavy atom. The van der Waals surface area contributed by atoms with Crippen LogP contribution in [0.5, 0.6) is 0 Å². The van der Waals surface area contributed by atoms with Crippen molar-refractivity contribution in [3.63, 3.8) is 0 Å². The van der Waals surface area contributed by atoms with Gasteiger partial charge in [-0.2, -0.15) is 0 Å². The number of carbonyl (C=O) groups is 1. The van der Waals surface area contributed by atoms with Crippen molar-refractivity contribution < 1.29 is 13.3 Å². The Bertz CT molecular complexity index is 1290. The molecule has 140 valence electrons. The van der Waals surface area contributed by atoms with Gasteiger partial charge in [0.1, 0.15) is 17.8 Å². The van der Waals surface area contributed by atoms with Crippen molar-refractivity contribution in [1.29, 1.82) is 0 Å². The maximum atomic E-state index is 13.2. The molecule has 1 amide bonds. The quantitative estimate of drug-likeness (QED) is 0.565. The second kappa shape index (κ2) is 6.22. The molecule has 0 aromatic carbocycles. The molecule has 4 aromatic rings. The second-order valence-corrected chi connectivity index (χ2v) is 6.55. The van der Waals surface area contributed by atoms with Crippen molar-refractivity contribution in [2.45, 2.75) is 12.6 Å². The number of nitrogens with one attached hydrogen (secondary N) is 2. The zero-order chi connectivity index (χ0) is 21.8. The molecule has 1 fully saturated rings. The van der Waals surface area contributed by atoms with Crippen LogP contribution in [0.2, 0.25) is 0 Å². The Morgan fingerprint density at radius 3 is 3.00 bits per heavy atom. The fraction of sp³-hybridized carbons (Fsp3) is 0.211. The van der Waals surface area contributed by atoms with Gasteiger partial charge in [0.25, 0.3) is 0 Å². The number of pyridine rings is 3. The lowest BCUT2D eigenvalue weighted by molar-refractivity contribution is -0.117. The van der Waals surface area contributed by atoms with Crippen molar-refractivity contribution in [1.82, 2.24) is 24.6 Å². The first kappa shape index (κ1) is 13.5. The largest absolute Gasteiger partial charge is 0.373 e. The molecule has 0 spiro atoms. The molecule has 0 saturated heterocycles. The monoisotopic (exact) mass is 380 g/mol. The highest BCUT2D eigenvalue weighted by molar-refractivity contribution is 6.03. The van der Waals surface area contributed by atoms with E-state index < -0.39 is 25.0 Å². The van der Waals surface area contributed by atoms with Gasteiger partial charge in [-0.3, -0.25) is 4.79 Å². The summed E-state index contributed by atoms with van der Waals surface area (Å²) in [5.74, 6) is -0.408. The normalized spacial score (nSPS) is 20.4. The van der Waals surface area contributed by atoms with Gasteiger partial charge in [0, 0.05) is 46.0 Å². The van der Waals surface area contributed by atoms with E-state index in [1.165, 1.54) is 12.4 Å². The summed E-state index contributed by atoms with van der Waals surface area (Å²) in [6.07, 6.45) is 3.70. The van der Waals surface area contributed by atoms with Crippen LogP contribution in [-0.2, 0) is 4.79 Å². The number of rotatable bonds is 4. The van der Waals surface area contributed by atoms with E-state index in [2.05, 4.69) is 30.7 Å². The lowest BCUT2D eigenvalue weighted by Crippen LogP contribution is -2.15. The molecule has 2 atom stereocenters. The van der Waals surface area contributed by atoms with E-state index in [1.54, 1.807) is 22.8 Å². The summed E-state index contributed by atoms with van der Waals surface area (Å²) in [5.41, 5.74) is 1.16. The number of fused-ring (bicyclic) bond motifs is 2. The van der Waals surface area contributed by atoms with Gasteiger partial charge < -0.3 is 10.6 Å². The summed E-state index contributed by atoms with van der Waals surface area (Å²) in [4.78, 5) is 25.1. The molecule has 8 nitrogen and oxygen atoms in total. The highest BCUT2D eigenvalue weighted by Crippen LogP contribution is 2.35. The van der Waals surface area contributed by atoms with Gasteiger partial charge in [-0.15, -0.1) is 5.10 Å². The molecule has 5 rings (SSSR count). The van der Waals surface area contributed by atoms with Crippen LogP contribution in [0, 0.1) is 5.92 Å². The van der Waals surface area contributed by atoms with Crippen LogP contribution in [0.4, 0.5) is 16.0 Å². The lowest BCUT2D eigenvalue weighted by atomic mass is 10.1. The van der Waals surface area contributed by atoms with E-state index in [1.807, 2.05) is 12.1 Å². The van der Waals surface area contributed by atoms with Gasteiger partial charge in [-0.05, 0) is 24.6 Å². The molecule has 4 heterocycles. The molecule has 4 aromatic heterocycles. The minimum atomic E-state index is -2.46. The lowest BCUT2D eigenvalue weighted by Gasteiger charge is -2.10. The maximum absolute atomic E-state index is 13.2. The maximum Gasteiger partial charge on any atom is 0.231 e. The van der Waals surface area contributed by atoms with Gasteiger partial charge in [-0.25, -0.2) is 23.9 Å². The first-order valence-corrected chi connectivity index (χ1v) is 8.62. The molecule has 28 heavy (non-hydrogen) atoms. The van der Waals surface area contributed by atoms with Crippen LogP contribution in [0.3, 0.4) is 0 Å². The molecular formula is C19H16FN7O. The van der Waals surface area contributed by atoms with E-state index in [9.17, 15) is 9.18 Å². The van der Waals surface area contributed by atoms with Gasteiger partial charge >= 0.3 is 0 Å². The Kier molecular flexibility index (Phi) is 3.01. The summed E-state index contributed by atoms with van der Waals surface area (Å²) in [5, 5.41) is 10.4. The molecule has 1 aliphatic carbocycles. The summed E-state index contributed by atoms with van der Waals surface area (Å²) in [6, 6.07) is 7.03. The van der Waals surface area contributed by atoms with Crippen LogP contribution in [-0.4, -0.2) is 43.6 Å². The van der Waals surface area contributed by atoms with Gasteiger partial charge in [0.05, 0.1) is 5.92 Å². The Hall–Kier alpha value is -3.62. The first-order chi connectivity index (χ1) is 14.8. The molecule has 2 N–H and O–H groups in total. The molecule has 0 bridgehead atoms. The van der Waals surface area contributed by atoms with Crippen LogP contribution in [0.25, 0.3) is 27.8 Å². The third kappa shape index (κ3) is 2.72. The molecule has 9 heteroatoms. The fourth-order valence-corrected chi connectivity index (χ4v) is 3.08. The molecule has 0 aliphatic heterocycles. The number of anilines is 2. The van der Waals surface area contributed by atoms with Crippen molar-refractivity contribution in [2.75, 3.05) is 17.6 Å². The van der Waals surface area contributed by atoms with Crippen molar-refractivity contribution >= 4 is 34.0 Å². The summed E-state index contributed by atoms with van der Waals surface area (Å²) in [7, 11) is 0. The predicted octanol–water partition coefficient (Wildman–Crippen LogP) is 2.68. The van der Waals surface area contributed by atoms with Crippen LogP contribution in [0.15, 0.2) is 42.9 Å². The third-order valence-corrected chi connectivity index (χ3v) is 4.67. The second-order valence-electron chi connectivity index (χ2n) is 6.55. The number of carbonyl (C=O) groups excluding carboxylic acids is 1. The number of hydrogen-bond donors (Lipinski definition) is 2. The third-order valence-electron chi connectivity index (χ3n) is 4.67. The number of hydrogen-bond acceptors (Lipinski definition) is 6. The minimum Gasteiger partial charge on any atom is -0.373 e. The highest BCUT2D eigenvalue weighted by Gasteiger charge is 2.43. The van der Waals surface area contributed by atoms with E-state index in [-0.39, 0.29) is 18.1 Å². The Morgan fingerprint density at radius 2 is 2.21 bits per heavy atom. The number of halogens is 1. The molecule has 1 saturated carbocycles. The first-order valence-electron chi connectivity index (χ1n) is 10.1. The van der Waals surface area contributed by atoms with Crippen LogP contribution in [0.1, 0.15) is 10.5 Å². The van der Waals surface area contributed by atoms with Gasteiger partial charge in [0.2, 0.25) is 5.91 Å². The molecular weight excluding hydrogens is 361 g/mol. The minimum absolute atomic E-state index is 0.110. The Balaban J connectivity index is 1.63. The average molecular weight is 380 g/mol. The average Bonchev–Trinajstić information content (AvgIpc) is 3.29. The van der Waals surface area contributed by atoms with E-state index in [0.717, 1.165) is 0 Å². The Labute approximate surface area is 163 Å². The van der Waals surface area contributed by atoms with Gasteiger partial charge in [0.15, 0.2) is 11.5 Å². The zero-order valence-electron chi connectivity index (χ0n) is 17.4. The highest BCUT2D eigenvalue weighted by atomic mass is 19.1. The summed E-state index contributed by atoms with van der Waals surface area (Å²) >= 11 is 0. The topological polar surface area (TPSA) is 97.1 Å². The zero-order valence-corrected chi connectivity index (χ0v) is 14.4. The van der Waals surface area contributed by atoms with Crippen LogP contribution < -0.4 is 10.6 Å². The fourth-order valence-electron chi connectivity index (χ4n) is 3.08. The molecule has 1 aliphatic rings. The number of nitrogens with zero attached hydrogens (tertiary/aromatic N) is 5. The van der Waals surface area contributed by atoms with E-state index in [4.69, 9.17) is 4.11 Å². The SMILES string of the molecule is [2H]C([2H])([2H])Nc1ncc(-c2nc3ccccn3n2)c2cc(NC(=O)C3CC3F)ncc12. The van der Waals surface area contributed by atoms with E-state index in [0.29, 0.717) is 27.8 Å².